The molecule has 0 aromatic carbocycles. The lowest BCUT2D eigenvalue weighted by atomic mass is 9.99. The fourth-order valence-corrected chi connectivity index (χ4v) is 3.11. The third-order valence-electron chi connectivity index (χ3n) is 3.57. The molecule has 5 heteroatoms. The van der Waals surface area contributed by atoms with Gasteiger partial charge >= 0.3 is 5.97 Å². The number of amides is 1. The summed E-state index contributed by atoms with van der Waals surface area (Å²) in [4.78, 5) is 26.1. The molecular formula is C13H17NO3S. The Kier molecular flexibility index (Phi) is 3.71. The van der Waals surface area contributed by atoms with E-state index in [1.165, 1.54) is 9.78 Å². The summed E-state index contributed by atoms with van der Waals surface area (Å²) in [5, 5.41) is 11.2. The van der Waals surface area contributed by atoms with E-state index in [2.05, 4.69) is 0 Å². The lowest BCUT2D eigenvalue weighted by Gasteiger charge is -2.31. The summed E-state index contributed by atoms with van der Waals surface area (Å²) >= 11 is 1.63. The first-order valence-electron chi connectivity index (χ1n) is 6.10. The van der Waals surface area contributed by atoms with Gasteiger partial charge in [-0.1, -0.05) is 6.07 Å². The Labute approximate surface area is 110 Å². The molecule has 1 aliphatic rings. The fraction of sp³-hybridized carbons (Fsp3) is 0.538. The number of nitrogens with zero attached hydrogens (tertiary/aromatic N) is 1. The van der Waals surface area contributed by atoms with E-state index >= 15 is 0 Å². The van der Waals surface area contributed by atoms with Crippen molar-refractivity contribution in [2.24, 2.45) is 0 Å². The van der Waals surface area contributed by atoms with Crippen LogP contribution in [0.5, 0.6) is 0 Å². The van der Waals surface area contributed by atoms with Crippen LogP contribution in [-0.2, 0) is 16.0 Å². The number of carboxylic acids is 1. The van der Waals surface area contributed by atoms with Crippen molar-refractivity contribution in [2.75, 3.05) is 6.54 Å². The van der Waals surface area contributed by atoms with E-state index in [0.717, 1.165) is 6.42 Å². The van der Waals surface area contributed by atoms with Crippen LogP contribution in [0.3, 0.4) is 0 Å². The van der Waals surface area contributed by atoms with Gasteiger partial charge in [-0.15, -0.1) is 11.3 Å². The Morgan fingerprint density at radius 2 is 2.33 bits per heavy atom. The van der Waals surface area contributed by atoms with E-state index in [9.17, 15) is 14.7 Å². The standard InChI is InChI=1S/C13H17NO3S/c1-13(12(16)17)7-3-8-14(13)11(15)6-5-10-4-2-9-18-10/h2,4,9H,3,5-8H2,1H3,(H,16,17). The van der Waals surface area contributed by atoms with Crippen LogP contribution in [0.2, 0.25) is 0 Å². The Bertz CT molecular complexity index is 443. The van der Waals surface area contributed by atoms with Crippen LogP contribution in [0.15, 0.2) is 17.5 Å². The first kappa shape index (κ1) is 13.1. The molecule has 1 saturated heterocycles. The highest BCUT2D eigenvalue weighted by atomic mass is 32.1. The van der Waals surface area contributed by atoms with Crippen LogP contribution in [0.25, 0.3) is 0 Å². The van der Waals surface area contributed by atoms with E-state index in [-0.39, 0.29) is 5.91 Å². The van der Waals surface area contributed by atoms with Crippen LogP contribution >= 0.6 is 11.3 Å². The first-order chi connectivity index (χ1) is 8.54. The Balaban J connectivity index is 1.98. The van der Waals surface area contributed by atoms with Crippen LogP contribution in [0.4, 0.5) is 0 Å². The van der Waals surface area contributed by atoms with Gasteiger partial charge in [-0.25, -0.2) is 4.79 Å². The fourth-order valence-electron chi connectivity index (χ4n) is 2.41. The molecule has 2 rings (SSSR count). The van der Waals surface area contributed by atoms with Crippen molar-refractivity contribution in [3.63, 3.8) is 0 Å². The number of hydrogen-bond donors (Lipinski definition) is 1. The molecule has 1 unspecified atom stereocenters. The second-order valence-electron chi connectivity index (χ2n) is 4.81. The van der Waals surface area contributed by atoms with Gasteiger partial charge in [0, 0.05) is 17.8 Å². The molecule has 1 atom stereocenters. The van der Waals surface area contributed by atoms with E-state index in [4.69, 9.17) is 0 Å². The minimum absolute atomic E-state index is 0.0502. The van der Waals surface area contributed by atoms with E-state index in [1.54, 1.807) is 18.3 Å². The molecule has 0 radical (unpaired) electrons. The van der Waals surface area contributed by atoms with Crippen LogP contribution in [0.1, 0.15) is 31.1 Å². The molecule has 1 N–H and O–H groups in total. The SMILES string of the molecule is CC1(C(=O)O)CCCN1C(=O)CCc1cccs1. The maximum atomic E-state index is 12.1. The summed E-state index contributed by atoms with van der Waals surface area (Å²) in [6, 6.07) is 3.96. The van der Waals surface area contributed by atoms with Gasteiger partial charge in [0.2, 0.25) is 5.91 Å². The molecule has 1 fully saturated rings. The molecule has 1 aromatic heterocycles. The van der Waals surface area contributed by atoms with Gasteiger partial charge in [0.1, 0.15) is 5.54 Å². The zero-order valence-corrected chi connectivity index (χ0v) is 11.2. The maximum Gasteiger partial charge on any atom is 0.329 e. The zero-order chi connectivity index (χ0) is 13.2. The third-order valence-corrected chi connectivity index (χ3v) is 4.50. The number of hydrogen-bond acceptors (Lipinski definition) is 3. The number of carboxylic acid groups (broad SMARTS) is 1. The van der Waals surface area contributed by atoms with Crippen molar-refractivity contribution in [3.8, 4) is 0 Å². The van der Waals surface area contributed by atoms with Crippen LogP contribution in [0, 0.1) is 0 Å². The van der Waals surface area contributed by atoms with Gasteiger partial charge in [0.15, 0.2) is 0 Å². The molecular weight excluding hydrogens is 250 g/mol. The molecule has 0 aliphatic carbocycles. The second-order valence-corrected chi connectivity index (χ2v) is 5.84. The molecule has 98 valence electrons. The highest BCUT2D eigenvalue weighted by molar-refractivity contribution is 7.09. The normalized spacial score (nSPS) is 23.3. The van der Waals surface area contributed by atoms with Gasteiger partial charge < -0.3 is 10.0 Å². The molecule has 0 spiro atoms. The van der Waals surface area contributed by atoms with Gasteiger partial charge in [-0.3, -0.25) is 4.79 Å². The zero-order valence-electron chi connectivity index (χ0n) is 10.4. The predicted molar refractivity (Wildman–Crippen MR) is 69.6 cm³/mol. The number of likely N-dealkylation sites (tertiary alicyclic amines) is 1. The monoisotopic (exact) mass is 267 g/mol. The summed E-state index contributed by atoms with van der Waals surface area (Å²) in [5.41, 5.74) is -1.01. The average molecular weight is 267 g/mol. The van der Waals surface area contributed by atoms with E-state index in [1.807, 2.05) is 17.5 Å². The van der Waals surface area contributed by atoms with Gasteiger partial charge in [-0.05, 0) is 37.6 Å². The average Bonchev–Trinajstić information content (AvgIpc) is 2.95. The number of thiophene rings is 1. The Morgan fingerprint density at radius 1 is 1.56 bits per heavy atom. The Morgan fingerprint density at radius 3 is 2.94 bits per heavy atom. The number of carbonyl (C=O) groups is 2. The lowest BCUT2D eigenvalue weighted by Crippen LogP contribution is -2.50. The largest absolute Gasteiger partial charge is 0.480 e. The summed E-state index contributed by atoms with van der Waals surface area (Å²) < 4.78 is 0. The predicted octanol–water partition coefficient (Wildman–Crippen LogP) is 2.15. The third kappa shape index (κ3) is 2.41. The van der Waals surface area contributed by atoms with Crippen molar-refractivity contribution in [2.45, 2.75) is 38.1 Å². The Hall–Kier alpha value is -1.36. The number of rotatable bonds is 4. The van der Waals surface area contributed by atoms with Crippen molar-refractivity contribution in [1.29, 1.82) is 0 Å². The summed E-state index contributed by atoms with van der Waals surface area (Å²) in [6.45, 7) is 2.21. The summed E-state index contributed by atoms with van der Waals surface area (Å²) in [6.07, 6.45) is 2.41. The number of aryl methyl sites for hydroxylation is 1. The van der Waals surface area contributed by atoms with E-state index < -0.39 is 11.5 Å². The van der Waals surface area contributed by atoms with Crippen molar-refractivity contribution >= 4 is 23.2 Å². The molecule has 4 nitrogen and oxygen atoms in total. The smallest absolute Gasteiger partial charge is 0.329 e. The highest BCUT2D eigenvalue weighted by Gasteiger charge is 2.45. The first-order valence-corrected chi connectivity index (χ1v) is 6.98. The second kappa shape index (κ2) is 5.10. The molecule has 1 amide bonds. The number of aliphatic carboxylic acids is 1. The van der Waals surface area contributed by atoms with Crippen molar-refractivity contribution in [1.82, 2.24) is 4.90 Å². The lowest BCUT2D eigenvalue weighted by molar-refractivity contribution is -0.155. The molecule has 2 heterocycles. The summed E-state index contributed by atoms with van der Waals surface area (Å²) in [7, 11) is 0. The topological polar surface area (TPSA) is 57.6 Å². The van der Waals surface area contributed by atoms with Gasteiger partial charge in [0.25, 0.3) is 0 Å². The maximum absolute atomic E-state index is 12.1. The number of carbonyl (C=O) groups excluding carboxylic acids is 1. The summed E-state index contributed by atoms with van der Waals surface area (Å²) in [5.74, 6) is -0.949. The van der Waals surface area contributed by atoms with Gasteiger partial charge in [-0.2, -0.15) is 0 Å². The quantitative estimate of drug-likeness (QED) is 0.909. The van der Waals surface area contributed by atoms with Crippen molar-refractivity contribution < 1.29 is 14.7 Å². The highest BCUT2D eigenvalue weighted by Crippen LogP contribution is 2.30. The van der Waals surface area contributed by atoms with Crippen LogP contribution in [-0.4, -0.2) is 34.0 Å². The van der Waals surface area contributed by atoms with E-state index in [0.29, 0.717) is 25.8 Å². The van der Waals surface area contributed by atoms with Crippen LogP contribution < -0.4 is 0 Å². The minimum atomic E-state index is -1.01. The molecule has 1 aromatic rings. The molecule has 0 bridgehead atoms. The molecule has 0 saturated carbocycles. The van der Waals surface area contributed by atoms with Crippen molar-refractivity contribution in [3.05, 3.63) is 22.4 Å². The minimum Gasteiger partial charge on any atom is -0.480 e. The van der Waals surface area contributed by atoms with Gasteiger partial charge in [0.05, 0.1) is 0 Å². The molecule has 18 heavy (non-hydrogen) atoms. The molecule has 1 aliphatic heterocycles.